The van der Waals surface area contributed by atoms with Gasteiger partial charge in [-0.2, -0.15) is 0 Å². The number of nitrogens with one attached hydrogen (secondary N) is 1. The Hall–Kier alpha value is -3.87. The van der Waals surface area contributed by atoms with Crippen LogP contribution in [0, 0.1) is 0 Å². The summed E-state index contributed by atoms with van der Waals surface area (Å²) in [4.78, 5) is 41.1. The van der Waals surface area contributed by atoms with Crippen LogP contribution in [0.2, 0.25) is 0 Å². The highest BCUT2D eigenvalue weighted by Gasteiger charge is 2.43. The number of amides is 1. The number of ether oxygens (including phenoxy) is 2. The summed E-state index contributed by atoms with van der Waals surface area (Å²) in [6.45, 7) is 3.70. The van der Waals surface area contributed by atoms with E-state index in [1.165, 1.54) is 4.90 Å². The summed E-state index contributed by atoms with van der Waals surface area (Å²) in [5.41, 5.74) is 2.68. The van der Waals surface area contributed by atoms with Gasteiger partial charge in [0.2, 0.25) is 5.91 Å². The van der Waals surface area contributed by atoms with E-state index in [2.05, 4.69) is 5.32 Å². The Morgan fingerprint density at radius 1 is 1.06 bits per heavy atom. The van der Waals surface area contributed by atoms with Gasteiger partial charge in [-0.3, -0.25) is 14.5 Å². The number of carbonyl (C=O) groups is 3. The molecule has 1 unspecified atom stereocenters. The van der Waals surface area contributed by atoms with Crippen molar-refractivity contribution in [2.75, 3.05) is 13.7 Å². The summed E-state index contributed by atoms with van der Waals surface area (Å²) in [5, 5.41) is 3.18. The molecule has 2 aliphatic heterocycles. The molecule has 0 aromatic heterocycles. The van der Waals surface area contributed by atoms with Crippen LogP contribution in [0.3, 0.4) is 0 Å². The summed E-state index contributed by atoms with van der Waals surface area (Å²) in [5.74, 6) is 0.267. The lowest BCUT2D eigenvalue weighted by atomic mass is 9.88. The molecule has 0 bridgehead atoms. The molecule has 7 heteroatoms. The van der Waals surface area contributed by atoms with E-state index in [-0.39, 0.29) is 24.7 Å². The fourth-order valence-electron chi connectivity index (χ4n) is 4.29. The van der Waals surface area contributed by atoms with Gasteiger partial charge in [-0.05, 0) is 38.0 Å². The molecule has 7 nitrogen and oxygen atoms in total. The summed E-state index contributed by atoms with van der Waals surface area (Å²) < 4.78 is 10.6. The van der Waals surface area contributed by atoms with Gasteiger partial charge in [0.1, 0.15) is 11.6 Å². The third kappa shape index (κ3) is 4.14. The molecule has 0 spiro atoms. The topological polar surface area (TPSA) is 84.9 Å². The lowest BCUT2D eigenvalue weighted by Crippen LogP contribution is -2.49. The van der Waals surface area contributed by atoms with Crippen molar-refractivity contribution < 1.29 is 23.9 Å². The number of rotatable bonds is 6. The molecule has 2 aliphatic rings. The highest BCUT2D eigenvalue weighted by molar-refractivity contribution is 6.10. The van der Waals surface area contributed by atoms with E-state index >= 15 is 0 Å². The molecule has 4 rings (SSSR count). The maximum Gasteiger partial charge on any atom is 0.338 e. The first kappa shape index (κ1) is 22.3. The SMILES string of the molecule is CCOC(=O)C1=C(C)NC2=C(C(=O)c3ccccc3)CCC(=O)N2C1c1ccc(OC)cc1. The lowest BCUT2D eigenvalue weighted by Gasteiger charge is -2.43. The van der Waals surface area contributed by atoms with Crippen LogP contribution in [0.5, 0.6) is 5.75 Å². The maximum atomic E-state index is 13.4. The molecule has 170 valence electrons. The molecule has 1 amide bonds. The molecule has 0 fully saturated rings. The van der Waals surface area contributed by atoms with Crippen molar-refractivity contribution in [3.63, 3.8) is 0 Å². The first-order valence-electron chi connectivity index (χ1n) is 10.9. The third-order valence-corrected chi connectivity index (χ3v) is 5.86. The molecule has 0 aliphatic carbocycles. The fourth-order valence-corrected chi connectivity index (χ4v) is 4.29. The van der Waals surface area contributed by atoms with Gasteiger partial charge in [0.05, 0.1) is 25.3 Å². The van der Waals surface area contributed by atoms with Crippen LogP contribution in [0.25, 0.3) is 0 Å². The Labute approximate surface area is 192 Å². The predicted molar refractivity (Wildman–Crippen MR) is 122 cm³/mol. The van der Waals surface area contributed by atoms with Crippen molar-refractivity contribution in [3.05, 3.63) is 88.4 Å². The van der Waals surface area contributed by atoms with E-state index in [1.807, 2.05) is 30.3 Å². The number of hydrogen-bond donors (Lipinski definition) is 1. The second-order valence-corrected chi connectivity index (χ2v) is 7.85. The highest BCUT2D eigenvalue weighted by Crippen LogP contribution is 2.41. The van der Waals surface area contributed by atoms with Gasteiger partial charge in [-0.25, -0.2) is 4.79 Å². The average molecular weight is 447 g/mol. The largest absolute Gasteiger partial charge is 0.497 e. The number of esters is 1. The van der Waals surface area contributed by atoms with Crippen LogP contribution in [0.1, 0.15) is 48.7 Å². The van der Waals surface area contributed by atoms with Gasteiger partial charge in [0.25, 0.3) is 0 Å². The number of benzene rings is 2. The van der Waals surface area contributed by atoms with Gasteiger partial charge in [-0.15, -0.1) is 0 Å². The molecule has 1 atom stereocenters. The van der Waals surface area contributed by atoms with Crippen LogP contribution in [-0.4, -0.2) is 36.3 Å². The normalized spacial score (nSPS) is 18.0. The van der Waals surface area contributed by atoms with E-state index < -0.39 is 12.0 Å². The standard InChI is InChI=1S/C26H26N2O5/c1-4-33-26(31)22-16(2)27-25-20(24(30)18-8-6-5-7-9-18)14-15-21(29)28(25)23(22)17-10-12-19(32-3)13-11-17/h5-13,23,27H,4,14-15H2,1-3H3. The van der Waals surface area contributed by atoms with E-state index in [4.69, 9.17) is 9.47 Å². The van der Waals surface area contributed by atoms with Crippen molar-refractivity contribution >= 4 is 17.7 Å². The van der Waals surface area contributed by atoms with Gasteiger partial charge in [0.15, 0.2) is 5.78 Å². The zero-order chi connectivity index (χ0) is 23.5. The van der Waals surface area contributed by atoms with E-state index in [0.717, 1.165) is 5.56 Å². The number of Topliss-reactive ketones (excluding diaryl/α,β-unsaturated/α-hetero) is 1. The maximum absolute atomic E-state index is 13.4. The van der Waals surface area contributed by atoms with Crippen LogP contribution >= 0.6 is 0 Å². The molecule has 33 heavy (non-hydrogen) atoms. The third-order valence-electron chi connectivity index (χ3n) is 5.86. The molecular weight excluding hydrogens is 420 g/mol. The molecule has 2 aromatic carbocycles. The molecule has 2 aromatic rings. The van der Waals surface area contributed by atoms with Crippen LogP contribution in [0.15, 0.2) is 77.3 Å². The minimum absolute atomic E-state index is 0.142. The first-order chi connectivity index (χ1) is 16.0. The summed E-state index contributed by atoms with van der Waals surface area (Å²) >= 11 is 0. The molecular formula is C26H26N2O5. The molecule has 2 heterocycles. The van der Waals surface area contributed by atoms with Crippen molar-refractivity contribution in [3.8, 4) is 5.75 Å². The minimum atomic E-state index is -0.724. The van der Waals surface area contributed by atoms with E-state index in [9.17, 15) is 14.4 Å². The van der Waals surface area contributed by atoms with Crippen LogP contribution in [0.4, 0.5) is 0 Å². The zero-order valence-electron chi connectivity index (χ0n) is 18.9. The zero-order valence-corrected chi connectivity index (χ0v) is 18.9. The van der Waals surface area contributed by atoms with Crippen molar-refractivity contribution in [2.24, 2.45) is 0 Å². The average Bonchev–Trinajstić information content (AvgIpc) is 2.84. The number of methoxy groups -OCH3 is 1. The monoisotopic (exact) mass is 446 g/mol. The highest BCUT2D eigenvalue weighted by atomic mass is 16.5. The van der Waals surface area contributed by atoms with Gasteiger partial charge < -0.3 is 14.8 Å². The quantitative estimate of drug-likeness (QED) is 0.535. The Morgan fingerprint density at radius 2 is 1.76 bits per heavy atom. The molecule has 0 radical (unpaired) electrons. The smallest absolute Gasteiger partial charge is 0.338 e. The van der Waals surface area contributed by atoms with Gasteiger partial charge in [-0.1, -0.05) is 42.5 Å². The fraction of sp³-hybridized carbons (Fsp3) is 0.269. The number of hydrogen-bond acceptors (Lipinski definition) is 6. The van der Waals surface area contributed by atoms with Gasteiger partial charge >= 0.3 is 5.97 Å². The summed E-state index contributed by atoms with van der Waals surface area (Å²) in [6, 6.07) is 15.5. The van der Waals surface area contributed by atoms with E-state index in [0.29, 0.717) is 40.4 Å². The Kier molecular flexibility index (Phi) is 6.31. The number of nitrogens with zero attached hydrogens (tertiary/aromatic N) is 1. The number of carbonyl (C=O) groups excluding carboxylic acids is 3. The lowest BCUT2D eigenvalue weighted by molar-refractivity contribution is -0.140. The molecule has 0 saturated carbocycles. The number of ketones is 1. The molecule has 0 saturated heterocycles. The van der Waals surface area contributed by atoms with E-state index in [1.54, 1.807) is 45.2 Å². The van der Waals surface area contributed by atoms with Crippen molar-refractivity contribution in [2.45, 2.75) is 32.7 Å². The van der Waals surface area contributed by atoms with Crippen LogP contribution < -0.4 is 10.1 Å². The first-order valence-corrected chi connectivity index (χ1v) is 10.9. The summed E-state index contributed by atoms with van der Waals surface area (Å²) in [7, 11) is 1.57. The second kappa shape index (κ2) is 9.32. The van der Waals surface area contributed by atoms with Crippen molar-refractivity contribution in [1.29, 1.82) is 0 Å². The van der Waals surface area contributed by atoms with Crippen LogP contribution in [-0.2, 0) is 14.3 Å². The van der Waals surface area contributed by atoms with Gasteiger partial charge in [0, 0.05) is 23.3 Å². The van der Waals surface area contributed by atoms with Crippen molar-refractivity contribution in [1.82, 2.24) is 10.2 Å². The number of fused-ring (bicyclic) bond motifs is 1. The second-order valence-electron chi connectivity index (χ2n) is 7.85. The minimum Gasteiger partial charge on any atom is -0.497 e. The number of allylic oxidation sites excluding steroid dienone is 2. The Bertz CT molecular complexity index is 1150. The Balaban J connectivity index is 1.89. The summed E-state index contributed by atoms with van der Waals surface area (Å²) in [6.07, 6.45) is 0.490. The predicted octanol–water partition coefficient (Wildman–Crippen LogP) is 3.89. The Morgan fingerprint density at radius 3 is 2.39 bits per heavy atom. The molecule has 1 N–H and O–H groups in total.